The number of hydrogen-bond donors (Lipinski definition) is 0. The summed E-state index contributed by atoms with van der Waals surface area (Å²) in [5.41, 5.74) is 10.1. The summed E-state index contributed by atoms with van der Waals surface area (Å²) in [6.07, 6.45) is 7.71. The SMILES string of the molecule is CC(=O)OC1CC[C@]2(C)[C@H]3CC[C@@H]4C5=C(C(C)C)C(=O)C[C@]5(C(=O)N=[N+]=[N-])CC[C@@]4(C)[C@]3(C)CC[C@H]2C1(C)C. The first kappa shape index (κ1) is 28.4. The molecule has 0 aromatic heterocycles. The van der Waals surface area contributed by atoms with E-state index in [4.69, 9.17) is 10.3 Å². The lowest BCUT2D eigenvalue weighted by molar-refractivity contribution is -0.232. The van der Waals surface area contributed by atoms with Crippen molar-refractivity contribution in [1.82, 2.24) is 0 Å². The maximum absolute atomic E-state index is 13.5. The first-order chi connectivity index (χ1) is 18.1. The molecule has 8 atom stereocenters. The van der Waals surface area contributed by atoms with Crippen molar-refractivity contribution in [3.63, 3.8) is 0 Å². The second kappa shape index (κ2) is 8.93. The Bertz CT molecular complexity index is 1200. The van der Waals surface area contributed by atoms with Crippen LogP contribution in [0.15, 0.2) is 16.3 Å². The lowest BCUT2D eigenvalue weighted by Gasteiger charge is -2.72. The molecule has 1 amide bonds. The molecule has 0 N–H and O–H groups in total. The molecule has 7 nitrogen and oxygen atoms in total. The number of carbonyl (C=O) groups is 3. The van der Waals surface area contributed by atoms with Gasteiger partial charge in [-0.15, -0.1) is 0 Å². The number of allylic oxidation sites excluding steroid dienone is 1. The van der Waals surface area contributed by atoms with Crippen molar-refractivity contribution >= 4 is 17.7 Å². The Hall–Kier alpha value is -2.14. The van der Waals surface area contributed by atoms with E-state index in [1.165, 1.54) is 6.92 Å². The molecular weight excluding hydrogens is 490 g/mol. The summed E-state index contributed by atoms with van der Waals surface area (Å²) in [5.74, 6) is 0.578. The van der Waals surface area contributed by atoms with Gasteiger partial charge in [-0.1, -0.05) is 48.5 Å². The van der Waals surface area contributed by atoms with E-state index in [1.807, 2.05) is 0 Å². The second-order valence-electron chi connectivity index (χ2n) is 15.2. The van der Waals surface area contributed by atoms with Gasteiger partial charge in [0.2, 0.25) is 5.91 Å². The molecule has 5 aliphatic rings. The minimum absolute atomic E-state index is 0.0340. The molecule has 4 saturated carbocycles. The van der Waals surface area contributed by atoms with Crippen LogP contribution in [0.2, 0.25) is 0 Å². The van der Waals surface area contributed by atoms with Gasteiger partial charge in [-0.25, -0.2) is 0 Å². The van der Waals surface area contributed by atoms with Crippen LogP contribution in [-0.4, -0.2) is 23.8 Å². The summed E-state index contributed by atoms with van der Waals surface area (Å²) in [6, 6.07) is 0. The highest BCUT2D eigenvalue weighted by atomic mass is 16.5. The molecule has 0 heterocycles. The topological polar surface area (TPSA) is 109 Å². The third-order valence-electron chi connectivity index (χ3n) is 13.2. The van der Waals surface area contributed by atoms with Gasteiger partial charge in [-0.3, -0.25) is 14.4 Å². The second-order valence-corrected chi connectivity index (χ2v) is 15.2. The van der Waals surface area contributed by atoms with Gasteiger partial charge >= 0.3 is 5.97 Å². The van der Waals surface area contributed by atoms with E-state index in [0.717, 1.165) is 56.1 Å². The summed E-state index contributed by atoms with van der Waals surface area (Å²) >= 11 is 0. The largest absolute Gasteiger partial charge is 0.462 e. The van der Waals surface area contributed by atoms with E-state index in [-0.39, 0.29) is 57.8 Å². The van der Waals surface area contributed by atoms with Crippen LogP contribution >= 0.6 is 0 Å². The molecule has 0 saturated heterocycles. The van der Waals surface area contributed by atoms with Crippen LogP contribution < -0.4 is 0 Å². The van der Waals surface area contributed by atoms with Gasteiger partial charge in [0, 0.05) is 23.7 Å². The number of ether oxygens (including phenoxy) is 1. The predicted molar refractivity (Wildman–Crippen MR) is 149 cm³/mol. The molecule has 4 fully saturated rings. The summed E-state index contributed by atoms with van der Waals surface area (Å²) in [7, 11) is 0. The zero-order valence-electron chi connectivity index (χ0n) is 25.2. The standard InChI is InChI=1S/C32H47N3O4/c1-18(2)25-21(37)17-32(27(38)34-35-33)16-15-30(7)20(26(25)32)9-10-23-29(6)13-12-24(39-19(3)36)28(4,5)22(29)11-14-31(23,30)8/h18,20,22-24H,9-17H2,1-8H3/t20-,22+,23-,24?,29+,30-,31-,32-/m1/s1. The van der Waals surface area contributed by atoms with Crippen molar-refractivity contribution in [2.45, 2.75) is 119 Å². The molecule has 1 unspecified atom stereocenters. The highest BCUT2D eigenvalue weighted by molar-refractivity contribution is 6.07. The van der Waals surface area contributed by atoms with Gasteiger partial charge in [0.1, 0.15) is 6.10 Å². The number of azide groups is 1. The lowest BCUT2D eigenvalue weighted by Crippen LogP contribution is -2.66. The van der Waals surface area contributed by atoms with E-state index in [2.05, 4.69) is 58.5 Å². The van der Waals surface area contributed by atoms with Crippen LogP contribution in [0.1, 0.15) is 113 Å². The Balaban J connectivity index is 1.58. The van der Waals surface area contributed by atoms with Crippen LogP contribution in [0, 0.1) is 50.7 Å². The number of fused-ring (bicyclic) bond motifs is 7. The number of Topliss-reactive ketones (excluding diaryl/α,β-unsaturated/α-hetero) is 1. The van der Waals surface area contributed by atoms with E-state index in [9.17, 15) is 14.4 Å². The smallest absolute Gasteiger partial charge is 0.302 e. The minimum atomic E-state index is -0.957. The van der Waals surface area contributed by atoms with Crippen LogP contribution in [0.3, 0.4) is 0 Å². The van der Waals surface area contributed by atoms with E-state index in [0.29, 0.717) is 18.3 Å². The third-order valence-corrected chi connectivity index (χ3v) is 13.2. The lowest BCUT2D eigenvalue weighted by atomic mass is 9.33. The average Bonchev–Trinajstić information content (AvgIpc) is 3.15. The van der Waals surface area contributed by atoms with Gasteiger partial charge in [0.05, 0.1) is 5.41 Å². The van der Waals surface area contributed by atoms with Gasteiger partial charge < -0.3 is 4.74 Å². The highest BCUT2D eigenvalue weighted by Crippen LogP contribution is 2.76. The molecule has 0 spiro atoms. The summed E-state index contributed by atoms with van der Waals surface area (Å²) in [4.78, 5) is 41.7. The molecular formula is C32H47N3O4. The van der Waals surface area contributed by atoms with Crippen molar-refractivity contribution in [2.75, 3.05) is 0 Å². The quantitative estimate of drug-likeness (QED) is 0.159. The van der Waals surface area contributed by atoms with Crippen molar-refractivity contribution in [3.8, 4) is 0 Å². The molecule has 0 aromatic rings. The first-order valence-corrected chi connectivity index (χ1v) is 15.1. The number of amides is 1. The number of nitrogens with zero attached hydrogens (tertiary/aromatic N) is 3. The number of hydrogen-bond acceptors (Lipinski definition) is 4. The Morgan fingerprint density at radius 2 is 1.64 bits per heavy atom. The van der Waals surface area contributed by atoms with E-state index in [1.54, 1.807) is 0 Å². The highest BCUT2D eigenvalue weighted by Gasteiger charge is 2.70. The van der Waals surface area contributed by atoms with E-state index < -0.39 is 11.3 Å². The molecule has 39 heavy (non-hydrogen) atoms. The van der Waals surface area contributed by atoms with Crippen LogP contribution in [0.5, 0.6) is 0 Å². The molecule has 5 rings (SSSR count). The molecule has 214 valence electrons. The summed E-state index contributed by atoms with van der Waals surface area (Å²) in [5, 5.41) is 3.60. The van der Waals surface area contributed by atoms with Gasteiger partial charge in [0.15, 0.2) is 5.78 Å². The fourth-order valence-electron chi connectivity index (χ4n) is 11.4. The first-order valence-electron chi connectivity index (χ1n) is 15.1. The maximum atomic E-state index is 13.5. The number of esters is 1. The van der Waals surface area contributed by atoms with Crippen molar-refractivity contribution < 1.29 is 19.1 Å². The fraction of sp³-hybridized carbons (Fsp3) is 0.844. The van der Waals surface area contributed by atoms with Gasteiger partial charge in [0.25, 0.3) is 0 Å². The Morgan fingerprint density at radius 1 is 0.949 bits per heavy atom. The van der Waals surface area contributed by atoms with Crippen molar-refractivity contribution in [2.24, 2.45) is 55.9 Å². The van der Waals surface area contributed by atoms with Crippen LogP contribution in [0.4, 0.5) is 0 Å². The number of rotatable bonds is 3. The molecule has 0 aromatic carbocycles. The molecule has 5 aliphatic carbocycles. The molecule has 0 aliphatic heterocycles. The fourth-order valence-corrected chi connectivity index (χ4v) is 11.4. The van der Waals surface area contributed by atoms with Crippen molar-refractivity contribution in [3.05, 3.63) is 21.6 Å². The van der Waals surface area contributed by atoms with Crippen LogP contribution in [-0.2, 0) is 19.1 Å². The third kappa shape index (κ3) is 3.60. The van der Waals surface area contributed by atoms with Crippen LogP contribution in [0.25, 0.3) is 10.4 Å². The summed E-state index contributed by atoms with van der Waals surface area (Å²) in [6.45, 7) is 17.7. The maximum Gasteiger partial charge on any atom is 0.302 e. The number of ketones is 1. The zero-order chi connectivity index (χ0) is 28.8. The van der Waals surface area contributed by atoms with Gasteiger partial charge in [-0.2, -0.15) is 0 Å². The molecule has 7 heteroatoms. The zero-order valence-corrected chi connectivity index (χ0v) is 25.2. The Labute approximate surface area is 233 Å². The number of carbonyl (C=O) groups excluding carboxylic acids is 3. The molecule has 0 radical (unpaired) electrons. The predicted octanol–water partition coefficient (Wildman–Crippen LogP) is 7.74. The van der Waals surface area contributed by atoms with E-state index >= 15 is 0 Å². The monoisotopic (exact) mass is 537 g/mol. The minimum Gasteiger partial charge on any atom is -0.462 e. The Morgan fingerprint density at radius 3 is 2.26 bits per heavy atom. The summed E-state index contributed by atoms with van der Waals surface area (Å²) < 4.78 is 5.87. The van der Waals surface area contributed by atoms with Crippen molar-refractivity contribution in [1.29, 1.82) is 0 Å². The molecule has 0 bridgehead atoms. The van der Waals surface area contributed by atoms with Gasteiger partial charge in [-0.05, 0) is 113 Å². The normalized spacial score (nSPS) is 44.5. The Kier molecular flexibility index (Phi) is 6.50. The average molecular weight is 538 g/mol.